The molecule has 2 heterocycles. The number of pyridine rings is 1. The molecule has 0 aliphatic carbocycles. The van der Waals surface area contributed by atoms with Crippen LogP contribution in [-0.4, -0.2) is 40.4 Å². The van der Waals surface area contributed by atoms with Crippen LogP contribution in [0.2, 0.25) is 0 Å². The molecule has 1 amide bonds. The van der Waals surface area contributed by atoms with Gasteiger partial charge in [0.15, 0.2) is 0 Å². The fourth-order valence-corrected chi connectivity index (χ4v) is 4.49. The number of nitrogens with one attached hydrogen (secondary N) is 1. The van der Waals surface area contributed by atoms with E-state index in [0.29, 0.717) is 11.6 Å². The molecule has 0 unspecified atom stereocenters. The van der Waals surface area contributed by atoms with Crippen molar-refractivity contribution >= 4 is 39.9 Å². The third kappa shape index (κ3) is 4.40. The van der Waals surface area contributed by atoms with Crippen LogP contribution in [0.3, 0.4) is 0 Å². The quantitative estimate of drug-likeness (QED) is 0.614. The molecule has 5 heteroatoms. The Morgan fingerprint density at radius 3 is 2.48 bits per heavy atom. The first kappa shape index (κ1) is 19.8. The predicted molar refractivity (Wildman–Crippen MR) is 124 cm³/mol. The molecule has 3 aromatic rings. The lowest BCUT2D eigenvalue weighted by Crippen LogP contribution is -2.38. The average molecular weight is 406 g/mol. The molecule has 0 spiro atoms. The van der Waals surface area contributed by atoms with Gasteiger partial charge in [0, 0.05) is 35.7 Å². The number of aromatic nitrogens is 1. The molecule has 1 fully saturated rings. The molecule has 1 saturated heterocycles. The summed E-state index contributed by atoms with van der Waals surface area (Å²) in [4.78, 5) is 19.7. The van der Waals surface area contributed by atoms with Crippen LogP contribution in [0.4, 0.5) is 11.4 Å². The van der Waals surface area contributed by atoms with Crippen LogP contribution in [0.5, 0.6) is 0 Å². The van der Waals surface area contributed by atoms with E-state index in [9.17, 15) is 4.79 Å². The van der Waals surface area contributed by atoms with Crippen LogP contribution < -0.4 is 5.32 Å². The number of thioether (sulfide) groups is 1. The largest absolute Gasteiger partial charge is 0.355 e. The van der Waals surface area contributed by atoms with Crippen molar-refractivity contribution in [1.82, 2.24) is 9.88 Å². The van der Waals surface area contributed by atoms with E-state index in [1.807, 2.05) is 34.9 Å². The maximum absolute atomic E-state index is 13.1. The highest BCUT2D eigenvalue weighted by Gasteiger charge is 2.21. The maximum atomic E-state index is 13.1. The maximum Gasteiger partial charge on any atom is 0.272 e. The lowest BCUT2D eigenvalue weighted by atomic mass is 10.0. The standard InChI is InChI=1S/C24H27N3OS/c1-16(2)18-5-7-19(8-6-18)25-22-15-23(24(28)27-10-12-29-13-11-27)26-21-9-4-17(3)14-20(21)22/h4-9,14-16H,10-13H2,1-3H3,(H,25,26). The summed E-state index contributed by atoms with van der Waals surface area (Å²) in [6.45, 7) is 8.04. The molecule has 2 aromatic carbocycles. The third-order valence-electron chi connectivity index (χ3n) is 5.34. The van der Waals surface area contributed by atoms with Crippen LogP contribution in [0.15, 0.2) is 48.5 Å². The Morgan fingerprint density at radius 1 is 1.07 bits per heavy atom. The Kier molecular flexibility index (Phi) is 5.76. The van der Waals surface area contributed by atoms with Gasteiger partial charge in [0.1, 0.15) is 5.69 Å². The van der Waals surface area contributed by atoms with Crippen LogP contribution >= 0.6 is 11.8 Å². The lowest BCUT2D eigenvalue weighted by Gasteiger charge is -2.26. The molecule has 0 atom stereocenters. The smallest absolute Gasteiger partial charge is 0.272 e. The highest BCUT2D eigenvalue weighted by molar-refractivity contribution is 7.99. The lowest BCUT2D eigenvalue weighted by molar-refractivity contribution is 0.0767. The van der Waals surface area contributed by atoms with Gasteiger partial charge in [-0.25, -0.2) is 4.98 Å². The zero-order valence-electron chi connectivity index (χ0n) is 17.2. The number of amides is 1. The highest BCUT2D eigenvalue weighted by Crippen LogP contribution is 2.29. The first-order valence-corrected chi connectivity index (χ1v) is 11.3. The summed E-state index contributed by atoms with van der Waals surface area (Å²) in [6, 6.07) is 16.6. The molecular weight excluding hydrogens is 378 g/mol. The summed E-state index contributed by atoms with van der Waals surface area (Å²) in [7, 11) is 0. The second-order valence-electron chi connectivity index (χ2n) is 7.88. The predicted octanol–water partition coefficient (Wildman–Crippen LogP) is 5.60. The minimum absolute atomic E-state index is 0.0194. The zero-order chi connectivity index (χ0) is 20.4. The molecule has 29 heavy (non-hydrogen) atoms. The normalized spacial score (nSPS) is 14.4. The van der Waals surface area contributed by atoms with Crippen molar-refractivity contribution in [1.29, 1.82) is 0 Å². The van der Waals surface area contributed by atoms with Gasteiger partial charge in [0.2, 0.25) is 0 Å². The topological polar surface area (TPSA) is 45.2 Å². The van der Waals surface area contributed by atoms with Crippen molar-refractivity contribution in [2.24, 2.45) is 0 Å². The SMILES string of the molecule is Cc1ccc2nc(C(=O)N3CCSCC3)cc(Nc3ccc(C(C)C)cc3)c2c1. The molecule has 1 aliphatic rings. The molecular formula is C24H27N3OS. The summed E-state index contributed by atoms with van der Waals surface area (Å²) < 4.78 is 0. The second-order valence-corrected chi connectivity index (χ2v) is 9.11. The van der Waals surface area contributed by atoms with Crippen molar-refractivity contribution in [2.45, 2.75) is 26.7 Å². The minimum Gasteiger partial charge on any atom is -0.355 e. The first-order valence-electron chi connectivity index (χ1n) is 10.2. The number of hydrogen-bond acceptors (Lipinski definition) is 4. The van der Waals surface area contributed by atoms with E-state index in [0.717, 1.165) is 46.9 Å². The summed E-state index contributed by atoms with van der Waals surface area (Å²) in [6.07, 6.45) is 0. The van der Waals surface area contributed by atoms with Gasteiger partial charge in [0.25, 0.3) is 5.91 Å². The Bertz CT molecular complexity index is 1020. The third-order valence-corrected chi connectivity index (χ3v) is 6.28. The van der Waals surface area contributed by atoms with Crippen LogP contribution in [0, 0.1) is 6.92 Å². The molecule has 4 nitrogen and oxygen atoms in total. The second kappa shape index (κ2) is 8.46. The first-order chi connectivity index (χ1) is 14.0. The van der Waals surface area contributed by atoms with E-state index in [2.05, 4.69) is 56.4 Å². The van der Waals surface area contributed by atoms with Crippen molar-refractivity contribution in [3.8, 4) is 0 Å². The van der Waals surface area contributed by atoms with Gasteiger partial charge in [-0.3, -0.25) is 4.79 Å². The van der Waals surface area contributed by atoms with Gasteiger partial charge >= 0.3 is 0 Å². The molecule has 0 saturated carbocycles. The number of carbonyl (C=O) groups excluding carboxylic acids is 1. The monoisotopic (exact) mass is 405 g/mol. The Morgan fingerprint density at radius 2 is 1.79 bits per heavy atom. The van der Waals surface area contributed by atoms with Gasteiger partial charge in [-0.15, -0.1) is 0 Å². The number of carbonyl (C=O) groups is 1. The molecule has 1 aromatic heterocycles. The van der Waals surface area contributed by atoms with E-state index in [1.165, 1.54) is 11.1 Å². The summed E-state index contributed by atoms with van der Waals surface area (Å²) in [5, 5.41) is 4.55. The minimum atomic E-state index is 0.0194. The van der Waals surface area contributed by atoms with Gasteiger partial charge in [0.05, 0.1) is 11.2 Å². The highest BCUT2D eigenvalue weighted by atomic mass is 32.2. The molecule has 0 bridgehead atoms. The zero-order valence-corrected chi connectivity index (χ0v) is 18.1. The molecule has 4 rings (SSSR count). The molecule has 0 radical (unpaired) electrons. The van der Waals surface area contributed by atoms with E-state index >= 15 is 0 Å². The summed E-state index contributed by atoms with van der Waals surface area (Å²) in [5.41, 5.74) is 5.76. The van der Waals surface area contributed by atoms with Crippen LogP contribution in [-0.2, 0) is 0 Å². The summed E-state index contributed by atoms with van der Waals surface area (Å²) >= 11 is 1.90. The van der Waals surface area contributed by atoms with Crippen molar-refractivity contribution < 1.29 is 4.79 Å². The van der Waals surface area contributed by atoms with Crippen LogP contribution in [0.25, 0.3) is 10.9 Å². The van der Waals surface area contributed by atoms with Crippen LogP contribution in [0.1, 0.15) is 41.4 Å². The fourth-order valence-electron chi connectivity index (χ4n) is 3.59. The Hall–Kier alpha value is -2.53. The Labute approximate surface area is 176 Å². The van der Waals surface area contributed by atoms with Gasteiger partial charge in [-0.2, -0.15) is 11.8 Å². The number of fused-ring (bicyclic) bond motifs is 1. The fraction of sp³-hybridized carbons (Fsp3) is 0.333. The molecule has 1 N–H and O–H groups in total. The summed E-state index contributed by atoms with van der Waals surface area (Å²) in [5.74, 6) is 2.50. The molecule has 1 aliphatic heterocycles. The number of benzene rings is 2. The average Bonchev–Trinajstić information content (AvgIpc) is 2.74. The Balaban J connectivity index is 1.72. The van der Waals surface area contributed by atoms with Crippen molar-refractivity contribution in [3.63, 3.8) is 0 Å². The van der Waals surface area contributed by atoms with E-state index in [4.69, 9.17) is 4.98 Å². The molecule has 150 valence electrons. The van der Waals surface area contributed by atoms with Crippen molar-refractivity contribution in [3.05, 3.63) is 65.4 Å². The number of anilines is 2. The van der Waals surface area contributed by atoms with Gasteiger partial charge in [-0.1, -0.05) is 37.6 Å². The van der Waals surface area contributed by atoms with Gasteiger partial charge in [-0.05, 0) is 48.7 Å². The number of hydrogen-bond donors (Lipinski definition) is 1. The van der Waals surface area contributed by atoms with E-state index in [1.54, 1.807) is 0 Å². The van der Waals surface area contributed by atoms with Gasteiger partial charge < -0.3 is 10.2 Å². The van der Waals surface area contributed by atoms with E-state index < -0.39 is 0 Å². The number of aryl methyl sites for hydroxylation is 1. The number of rotatable bonds is 4. The van der Waals surface area contributed by atoms with Crippen molar-refractivity contribution in [2.75, 3.05) is 29.9 Å². The number of nitrogens with zero attached hydrogens (tertiary/aromatic N) is 2. The van der Waals surface area contributed by atoms with E-state index in [-0.39, 0.29) is 5.91 Å².